The number of nitrogens with zero attached hydrogens (tertiary/aromatic N) is 5. The molecule has 0 spiro atoms. The number of piperidine rings is 1. The third kappa shape index (κ3) is 7.06. The van der Waals surface area contributed by atoms with Gasteiger partial charge >= 0.3 is 0 Å². The lowest BCUT2D eigenvalue weighted by Gasteiger charge is -2.39. The monoisotopic (exact) mass is 555 g/mol. The number of guanidine groups is 1. The lowest BCUT2D eigenvalue weighted by atomic mass is 9.85. The highest BCUT2D eigenvalue weighted by atomic mass is 127. The molecule has 9 heteroatoms. The zero-order chi connectivity index (χ0) is 22.1. The molecule has 1 fully saturated rings. The Balaban J connectivity index is 0.00000363. The van der Waals surface area contributed by atoms with Crippen LogP contribution in [0.25, 0.3) is 0 Å². The first-order valence-electron chi connectivity index (χ1n) is 11.4. The van der Waals surface area contributed by atoms with E-state index in [1.54, 1.807) is 13.4 Å². The summed E-state index contributed by atoms with van der Waals surface area (Å²) >= 11 is 0. The van der Waals surface area contributed by atoms with Crippen molar-refractivity contribution < 1.29 is 4.74 Å². The zero-order valence-electron chi connectivity index (χ0n) is 19.8. The van der Waals surface area contributed by atoms with Crippen molar-refractivity contribution in [1.82, 2.24) is 30.3 Å². The molecule has 2 heterocycles. The van der Waals surface area contributed by atoms with Gasteiger partial charge in [-0.2, -0.15) is 0 Å². The minimum atomic E-state index is 0. The van der Waals surface area contributed by atoms with E-state index in [-0.39, 0.29) is 24.0 Å². The smallest absolute Gasteiger partial charge is 0.191 e. The predicted octanol–water partition coefficient (Wildman–Crippen LogP) is 3.11. The van der Waals surface area contributed by atoms with Gasteiger partial charge in [0.25, 0.3) is 0 Å². The molecular weight excluding hydrogens is 517 g/mol. The summed E-state index contributed by atoms with van der Waals surface area (Å²) in [5.41, 5.74) is 1.33. The molecule has 1 saturated heterocycles. The van der Waals surface area contributed by atoms with Crippen molar-refractivity contribution in [2.45, 2.75) is 45.7 Å². The van der Waals surface area contributed by atoms with Crippen LogP contribution in [0.3, 0.4) is 0 Å². The fraction of sp³-hybridized carbons (Fsp3) is 0.609. The number of ether oxygens (including phenoxy) is 1. The van der Waals surface area contributed by atoms with Gasteiger partial charge in [-0.15, -0.1) is 34.2 Å². The van der Waals surface area contributed by atoms with Crippen molar-refractivity contribution in [3.05, 3.63) is 42.0 Å². The molecule has 178 valence electrons. The summed E-state index contributed by atoms with van der Waals surface area (Å²) in [6.07, 6.45) is 5.07. The van der Waals surface area contributed by atoms with Crippen LogP contribution in [0.4, 0.5) is 0 Å². The Morgan fingerprint density at radius 2 is 2.00 bits per heavy atom. The van der Waals surface area contributed by atoms with Crippen LogP contribution < -0.4 is 15.4 Å². The van der Waals surface area contributed by atoms with Crippen molar-refractivity contribution in [2.24, 2.45) is 10.9 Å². The van der Waals surface area contributed by atoms with Crippen LogP contribution >= 0.6 is 24.0 Å². The maximum atomic E-state index is 5.33. The van der Waals surface area contributed by atoms with Gasteiger partial charge in [-0.3, -0.25) is 9.89 Å². The molecule has 3 rings (SSSR count). The molecule has 2 N–H and O–H groups in total. The maximum absolute atomic E-state index is 5.33. The Morgan fingerprint density at radius 3 is 2.69 bits per heavy atom. The summed E-state index contributed by atoms with van der Waals surface area (Å²) < 4.78 is 7.42. The van der Waals surface area contributed by atoms with E-state index >= 15 is 0 Å². The van der Waals surface area contributed by atoms with E-state index in [1.807, 2.05) is 0 Å². The highest BCUT2D eigenvalue weighted by molar-refractivity contribution is 14.0. The van der Waals surface area contributed by atoms with Crippen LogP contribution in [0.1, 0.15) is 44.1 Å². The van der Waals surface area contributed by atoms with Gasteiger partial charge in [0.05, 0.1) is 7.11 Å². The van der Waals surface area contributed by atoms with Gasteiger partial charge in [0, 0.05) is 38.6 Å². The summed E-state index contributed by atoms with van der Waals surface area (Å²) in [6.45, 7) is 8.55. The Bertz CT molecular complexity index is 824. The van der Waals surface area contributed by atoms with Crippen molar-refractivity contribution in [3.8, 4) is 5.75 Å². The van der Waals surface area contributed by atoms with E-state index in [4.69, 9.17) is 9.73 Å². The summed E-state index contributed by atoms with van der Waals surface area (Å²) in [6, 6.07) is 8.86. The van der Waals surface area contributed by atoms with Crippen LogP contribution in [-0.2, 0) is 13.0 Å². The number of aryl methyl sites for hydroxylation is 1. The highest BCUT2D eigenvalue weighted by Gasteiger charge is 2.30. The Kier molecular flexibility index (Phi) is 11.2. The topological polar surface area (TPSA) is 79.6 Å². The lowest BCUT2D eigenvalue weighted by Crippen LogP contribution is -2.41. The van der Waals surface area contributed by atoms with Crippen LogP contribution in [0.15, 0.2) is 35.6 Å². The van der Waals surface area contributed by atoms with Crippen molar-refractivity contribution >= 4 is 29.9 Å². The van der Waals surface area contributed by atoms with Gasteiger partial charge < -0.3 is 19.9 Å². The molecule has 0 amide bonds. The maximum Gasteiger partial charge on any atom is 0.191 e. The Morgan fingerprint density at radius 1 is 1.22 bits per heavy atom. The fourth-order valence-corrected chi connectivity index (χ4v) is 4.36. The molecule has 32 heavy (non-hydrogen) atoms. The molecule has 1 aliphatic heterocycles. The van der Waals surface area contributed by atoms with Gasteiger partial charge in [0.2, 0.25) is 0 Å². The number of rotatable bonds is 9. The Labute approximate surface area is 209 Å². The normalized spacial score (nSPS) is 19.3. The molecule has 0 saturated carbocycles. The van der Waals surface area contributed by atoms with E-state index in [1.165, 1.54) is 18.4 Å². The third-order valence-corrected chi connectivity index (χ3v) is 5.95. The first kappa shape index (κ1) is 26.4. The molecule has 0 aliphatic carbocycles. The average Bonchev–Trinajstić information content (AvgIpc) is 3.25. The zero-order valence-corrected chi connectivity index (χ0v) is 22.1. The predicted molar refractivity (Wildman–Crippen MR) is 140 cm³/mol. The Hall–Kier alpha value is -1.88. The molecule has 2 atom stereocenters. The van der Waals surface area contributed by atoms with Crippen LogP contribution in [0.5, 0.6) is 5.75 Å². The average molecular weight is 556 g/mol. The number of aliphatic imine (C=N–C) groups is 1. The van der Waals surface area contributed by atoms with Gasteiger partial charge in [0.15, 0.2) is 5.96 Å². The quantitative estimate of drug-likeness (QED) is 0.281. The van der Waals surface area contributed by atoms with Crippen molar-refractivity contribution in [1.29, 1.82) is 0 Å². The van der Waals surface area contributed by atoms with E-state index in [9.17, 15) is 0 Å². The molecular formula is C23H38IN7O. The van der Waals surface area contributed by atoms with Gasteiger partial charge in [-0.1, -0.05) is 19.1 Å². The lowest BCUT2D eigenvalue weighted by molar-refractivity contribution is 0.125. The van der Waals surface area contributed by atoms with Gasteiger partial charge in [-0.25, -0.2) is 0 Å². The molecule has 2 aromatic rings. The summed E-state index contributed by atoms with van der Waals surface area (Å²) in [7, 11) is 3.93. The van der Waals surface area contributed by atoms with E-state index in [0.29, 0.717) is 12.0 Å². The number of halogens is 1. The highest BCUT2D eigenvalue weighted by Crippen LogP contribution is 2.35. The number of likely N-dealkylation sites (tertiary alicyclic amines) is 1. The molecule has 0 bridgehead atoms. The van der Waals surface area contributed by atoms with Crippen LogP contribution in [0, 0.1) is 5.92 Å². The summed E-state index contributed by atoms with van der Waals surface area (Å²) in [5.74, 6) is 3.26. The number of hydrogen-bond acceptors (Lipinski definition) is 5. The number of nitrogens with one attached hydrogen (secondary N) is 2. The van der Waals surface area contributed by atoms with E-state index in [0.717, 1.165) is 56.7 Å². The molecule has 1 aromatic heterocycles. The number of hydrogen-bond donors (Lipinski definition) is 2. The minimum Gasteiger partial charge on any atom is -0.497 e. The first-order chi connectivity index (χ1) is 15.2. The van der Waals surface area contributed by atoms with Crippen LogP contribution in [0.2, 0.25) is 0 Å². The molecule has 0 radical (unpaired) electrons. The largest absolute Gasteiger partial charge is 0.497 e. The van der Waals surface area contributed by atoms with Crippen LogP contribution in [-0.4, -0.2) is 66.0 Å². The molecule has 8 nitrogen and oxygen atoms in total. The van der Waals surface area contributed by atoms with Gasteiger partial charge in [-0.05, 0) is 57.0 Å². The number of aromatic nitrogens is 3. The van der Waals surface area contributed by atoms with E-state index in [2.05, 4.69) is 75.5 Å². The standard InChI is InChI=1S/C23H37N7O.HI/c1-5-21-28-27-17-30(21)15-13-25-23(24-6-2)26-16-19-8-7-14-29(3)22(19)18-9-11-20(31-4)12-10-18;/h9-12,17,19,22H,5-8,13-16H2,1-4H3,(H2,24,25,26);1H. The second-order valence-electron chi connectivity index (χ2n) is 8.04. The first-order valence-corrected chi connectivity index (χ1v) is 11.4. The molecule has 2 unspecified atom stereocenters. The molecule has 1 aliphatic rings. The number of benzene rings is 1. The van der Waals surface area contributed by atoms with Gasteiger partial charge in [0.1, 0.15) is 17.9 Å². The summed E-state index contributed by atoms with van der Waals surface area (Å²) in [4.78, 5) is 7.41. The van der Waals surface area contributed by atoms with Crippen molar-refractivity contribution in [2.75, 3.05) is 40.3 Å². The fourth-order valence-electron chi connectivity index (χ4n) is 4.36. The minimum absolute atomic E-state index is 0. The van der Waals surface area contributed by atoms with E-state index < -0.39 is 0 Å². The third-order valence-electron chi connectivity index (χ3n) is 5.95. The number of methoxy groups -OCH3 is 1. The molecule has 1 aromatic carbocycles. The second kappa shape index (κ2) is 13.6. The summed E-state index contributed by atoms with van der Waals surface area (Å²) in [5, 5.41) is 15.0. The second-order valence-corrected chi connectivity index (χ2v) is 8.04. The SMILES string of the molecule is CCNC(=NCC1CCCN(C)C1c1ccc(OC)cc1)NCCn1cnnc1CC.I. The van der Waals surface area contributed by atoms with Crippen molar-refractivity contribution in [3.63, 3.8) is 0 Å².